The van der Waals surface area contributed by atoms with Crippen molar-refractivity contribution in [3.8, 4) is 11.8 Å². The first-order valence-corrected chi connectivity index (χ1v) is 13.4. The smallest absolute Gasteiger partial charge is 0.127 e. The number of allylic oxidation sites excluding steroid dienone is 3. The lowest BCUT2D eigenvalue weighted by atomic mass is 9.63. The van der Waals surface area contributed by atoms with Crippen molar-refractivity contribution in [2.45, 2.75) is 77.0 Å². The van der Waals surface area contributed by atoms with Gasteiger partial charge in [0.25, 0.3) is 0 Å². The van der Waals surface area contributed by atoms with Crippen LogP contribution in [0.1, 0.15) is 92.9 Å². The zero-order valence-electron chi connectivity index (χ0n) is 21.0. The van der Waals surface area contributed by atoms with E-state index in [0.717, 1.165) is 42.6 Å². The Balaban J connectivity index is 1.37. The van der Waals surface area contributed by atoms with E-state index in [-0.39, 0.29) is 11.6 Å². The van der Waals surface area contributed by atoms with Crippen molar-refractivity contribution in [1.29, 1.82) is 0 Å². The minimum absolute atomic E-state index is 0.147. The fourth-order valence-electron chi connectivity index (χ4n) is 6.20. The van der Waals surface area contributed by atoms with Crippen molar-refractivity contribution in [3.05, 3.63) is 95.1 Å². The second kappa shape index (κ2) is 12.3. The van der Waals surface area contributed by atoms with Gasteiger partial charge in [-0.2, -0.15) is 0 Å². The van der Waals surface area contributed by atoms with Gasteiger partial charge in [0.15, 0.2) is 0 Å². The van der Waals surface area contributed by atoms with Crippen LogP contribution in [0.15, 0.2) is 61.2 Å². The summed E-state index contributed by atoms with van der Waals surface area (Å²) in [6.45, 7) is 5.78. The molecule has 2 aliphatic carbocycles. The van der Waals surface area contributed by atoms with Crippen molar-refractivity contribution >= 4 is 0 Å². The Morgan fingerprint density at radius 3 is 2.31 bits per heavy atom. The summed E-state index contributed by atoms with van der Waals surface area (Å²) < 4.78 is 29.4. The number of hydrogen-bond acceptors (Lipinski definition) is 0. The Morgan fingerprint density at radius 2 is 1.60 bits per heavy atom. The van der Waals surface area contributed by atoms with E-state index in [1.165, 1.54) is 44.6 Å². The Bertz CT molecular complexity index is 1100. The summed E-state index contributed by atoms with van der Waals surface area (Å²) in [4.78, 5) is 0. The molecule has 2 fully saturated rings. The monoisotopic (exact) mass is 472 g/mol. The van der Waals surface area contributed by atoms with Gasteiger partial charge in [-0.1, -0.05) is 48.6 Å². The van der Waals surface area contributed by atoms with E-state index in [9.17, 15) is 4.39 Å². The van der Waals surface area contributed by atoms with E-state index in [1.807, 2.05) is 18.2 Å². The maximum Gasteiger partial charge on any atom is 0.127 e. The molecule has 0 amide bonds. The number of benzene rings is 2. The molecule has 2 aromatic carbocycles. The molecule has 4 atom stereocenters. The molecule has 0 heterocycles. The van der Waals surface area contributed by atoms with Gasteiger partial charge >= 0.3 is 0 Å². The lowest BCUT2D eigenvalue weighted by molar-refractivity contribution is 0.114. The van der Waals surface area contributed by atoms with Crippen LogP contribution in [-0.2, 0) is 6.42 Å². The molecule has 0 N–H and O–H groups in total. The lowest BCUT2D eigenvalue weighted by Crippen LogP contribution is -2.30. The number of aryl methyl sites for hydroxylation is 1. The standard InChI is InChI=1S/C33H38F2/c1-3-5-7-8-24-13-16-29-23-30(18-17-28(29)20-24)31-19-14-26(22-33(31)35)11-10-25-12-15-27(9-6-4-2)32(34)21-25/h3-5,12,14-15,19,21-22,24,28-30H,2,6-9,13,16-18,20,23H2,1H3/b5-3+. The normalized spacial score (nSPS) is 24.0. The molecule has 0 bridgehead atoms. The molecule has 4 rings (SSSR count). The van der Waals surface area contributed by atoms with E-state index in [0.29, 0.717) is 29.0 Å². The third-order valence-electron chi connectivity index (χ3n) is 8.16. The second-order valence-corrected chi connectivity index (χ2v) is 10.5. The van der Waals surface area contributed by atoms with Gasteiger partial charge in [0, 0.05) is 11.1 Å². The van der Waals surface area contributed by atoms with Gasteiger partial charge in [-0.15, -0.1) is 6.58 Å². The molecule has 2 heteroatoms. The maximum atomic E-state index is 15.1. The molecule has 0 radical (unpaired) electrons. The summed E-state index contributed by atoms with van der Waals surface area (Å²) in [6, 6.07) is 10.5. The molecular formula is C33H38F2. The van der Waals surface area contributed by atoms with E-state index < -0.39 is 0 Å². The summed E-state index contributed by atoms with van der Waals surface area (Å²) in [6.07, 6.45) is 17.6. The van der Waals surface area contributed by atoms with Crippen LogP contribution in [0.4, 0.5) is 8.78 Å². The minimum Gasteiger partial charge on any atom is -0.207 e. The van der Waals surface area contributed by atoms with Gasteiger partial charge in [-0.3, -0.25) is 0 Å². The zero-order chi connectivity index (χ0) is 24.6. The van der Waals surface area contributed by atoms with Crippen LogP contribution >= 0.6 is 0 Å². The summed E-state index contributed by atoms with van der Waals surface area (Å²) in [7, 11) is 0. The second-order valence-electron chi connectivity index (χ2n) is 10.5. The Morgan fingerprint density at radius 1 is 0.886 bits per heavy atom. The predicted octanol–water partition coefficient (Wildman–Crippen LogP) is 9.14. The van der Waals surface area contributed by atoms with Gasteiger partial charge in [-0.25, -0.2) is 8.78 Å². The van der Waals surface area contributed by atoms with Gasteiger partial charge in [0.1, 0.15) is 11.6 Å². The Kier molecular flexibility index (Phi) is 8.97. The fourth-order valence-corrected chi connectivity index (χ4v) is 6.20. The van der Waals surface area contributed by atoms with Gasteiger partial charge in [0.05, 0.1) is 0 Å². The molecule has 35 heavy (non-hydrogen) atoms. The number of fused-ring (bicyclic) bond motifs is 1. The highest BCUT2D eigenvalue weighted by molar-refractivity contribution is 5.45. The number of hydrogen-bond donors (Lipinski definition) is 0. The Labute approximate surface area is 210 Å². The zero-order valence-corrected chi connectivity index (χ0v) is 21.0. The summed E-state index contributed by atoms with van der Waals surface area (Å²) >= 11 is 0. The largest absolute Gasteiger partial charge is 0.207 e. The van der Waals surface area contributed by atoms with Crippen LogP contribution in [0.3, 0.4) is 0 Å². The highest BCUT2D eigenvalue weighted by Crippen LogP contribution is 2.48. The van der Waals surface area contributed by atoms with Gasteiger partial charge in [-0.05, 0) is 124 Å². The first kappa shape index (κ1) is 25.4. The van der Waals surface area contributed by atoms with Crippen LogP contribution in [0.25, 0.3) is 0 Å². The molecule has 184 valence electrons. The number of rotatable bonds is 7. The lowest BCUT2D eigenvalue weighted by Gasteiger charge is -2.42. The third-order valence-corrected chi connectivity index (χ3v) is 8.16. The predicted molar refractivity (Wildman–Crippen MR) is 142 cm³/mol. The molecular weight excluding hydrogens is 434 g/mol. The van der Waals surface area contributed by atoms with E-state index in [2.05, 4.69) is 37.5 Å². The average molecular weight is 473 g/mol. The van der Waals surface area contributed by atoms with Gasteiger partial charge in [0.2, 0.25) is 0 Å². The van der Waals surface area contributed by atoms with E-state index in [4.69, 9.17) is 0 Å². The average Bonchev–Trinajstić information content (AvgIpc) is 2.87. The highest BCUT2D eigenvalue weighted by atomic mass is 19.1. The topological polar surface area (TPSA) is 0 Å². The summed E-state index contributed by atoms with van der Waals surface area (Å²) in [5.41, 5.74) is 2.76. The molecule has 0 saturated heterocycles. The summed E-state index contributed by atoms with van der Waals surface area (Å²) in [5.74, 6) is 8.37. The summed E-state index contributed by atoms with van der Waals surface area (Å²) in [5, 5.41) is 0. The van der Waals surface area contributed by atoms with E-state index in [1.54, 1.807) is 18.2 Å². The van der Waals surface area contributed by atoms with Crippen LogP contribution < -0.4 is 0 Å². The SMILES string of the molecule is C=CCCc1ccc(C#Cc2ccc(C3CCC4CC(CC/C=C/C)CCC4C3)c(F)c2)cc1F. The van der Waals surface area contributed by atoms with Crippen molar-refractivity contribution in [2.24, 2.45) is 17.8 Å². The van der Waals surface area contributed by atoms with Crippen LogP contribution in [0.2, 0.25) is 0 Å². The maximum absolute atomic E-state index is 15.1. The molecule has 0 aliphatic heterocycles. The molecule has 2 aliphatic rings. The molecule has 0 aromatic heterocycles. The quantitative estimate of drug-likeness (QED) is 0.278. The molecule has 2 aromatic rings. The van der Waals surface area contributed by atoms with E-state index >= 15 is 4.39 Å². The molecule has 0 spiro atoms. The van der Waals surface area contributed by atoms with Crippen molar-refractivity contribution in [2.75, 3.05) is 0 Å². The molecule has 0 nitrogen and oxygen atoms in total. The van der Waals surface area contributed by atoms with Crippen LogP contribution in [-0.4, -0.2) is 0 Å². The van der Waals surface area contributed by atoms with Crippen LogP contribution in [0.5, 0.6) is 0 Å². The van der Waals surface area contributed by atoms with Crippen molar-refractivity contribution in [1.82, 2.24) is 0 Å². The van der Waals surface area contributed by atoms with Crippen molar-refractivity contribution < 1.29 is 8.78 Å². The third kappa shape index (κ3) is 6.72. The Hall–Kier alpha value is -2.66. The van der Waals surface area contributed by atoms with Gasteiger partial charge < -0.3 is 0 Å². The first-order chi connectivity index (χ1) is 17.1. The first-order valence-electron chi connectivity index (χ1n) is 13.4. The minimum atomic E-state index is -0.248. The fraction of sp³-hybridized carbons (Fsp3) is 0.455. The van der Waals surface area contributed by atoms with Crippen molar-refractivity contribution in [3.63, 3.8) is 0 Å². The number of halogens is 2. The molecule has 4 unspecified atom stereocenters. The van der Waals surface area contributed by atoms with Crippen LogP contribution in [0, 0.1) is 41.2 Å². The molecule has 2 saturated carbocycles. The highest BCUT2D eigenvalue weighted by Gasteiger charge is 2.36.